The number of ether oxygens (including phenoxy) is 1. The van der Waals surface area contributed by atoms with Gasteiger partial charge in [-0.05, 0) is 78.9 Å². The van der Waals surface area contributed by atoms with Crippen LogP contribution in [0.5, 0.6) is 5.75 Å². The summed E-state index contributed by atoms with van der Waals surface area (Å²) in [7, 11) is -0.511. The second-order valence-corrected chi connectivity index (χ2v) is 10.6. The fourth-order valence-electron chi connectivity index (χ4n) is 5.75. The molecular weight excluding hydrogens is 336 g/mol. The first-order chi connectivity index (χ1) is 12.5. The highest BCUT2D eigenvalue weighted by Crippen LogP contribution is 2.56. The monoisotopic (exact) mass is 370 g/mol. The summed E-state index contributed by atoms with van der Waals surface area (Å²) in [4.78, 5) is 0. The first-order valence-corrected chi connectivity index (χ1v) is 12.5. The lowest BCUT2D eigenvalue weighted by molar-refractivity contribution is 0.0631. The first kappa shape index (κ1) is 18.2. The van der Waals surface area contributed by atoms with Crippen LogP contribution in [-0.4, -0.2) is 9.76 Å². The standard InChI is InChI=1S/C23H34O2Si/c1-23(2,3)21-7-5-6-17(22(21)25-26-4)13-24-14-20-18-9-15-8-16(11-18)12-19(20)10-15/h5-7,14-16,18-19H,8-13,26H2,1-4H3. The molecule has 4 bridgehead atoms. The Morgan fingerprint density at radius 3 is 2.27 bits per heavy atom. The smallest absolute Gasteiger partial charge is 0.216 e. The Morgan fingerprint density at radius 2 is 1.69 bits per heavy atom. The van der Waals surface area contributed by atoms with E-state index in [1.165, 1.54) is 43.2 Å². The Balaban J connectivity index is 1.50. The zero-order valence-electron chi connectivity index (χ0n) is 16.9. The molecule has 0 radical (unpaired) electrons. The summed E-state index contributed by atoms with van der Waals surface area (Å²) < 4.78 is 12.3. The zero-order chi connectivity index (χ0) is 18.3. The molecule has 26 heavy (non-hydrogen) atoms. The van der Waals surface area contributed by atoms with Crippen molar-refractivity contribution in [2.75, 3.05) is 0 Å². The molecule has 0 aromatic heterocycles. The van der Waals surface area contributed by atoms with Gasteiger partial charge in [-0.1, -0.05) is 39.0 Å². The largest absolute Gasteiger partial charge is 0.549 e. The molecule has 2 nitrogen and oxygen atoms in total. The summed E-state index contributed by atoms with van der Waals surface area (Å²) in [5, 5.41) is 0. The Kier molecular flexibility index (Phi) is 4.94. The molecule has 4 aliphatic rings. The third-order valence-corrected chi connectivity index (χ3v) is 7.31. The maximum Gasteiger partial charge on any atom is 0.216 e. The van der Waals surface area contributed by atoms with E-state index >= 15 is 0 Å². The van der Waals surface area contributed by atoms with Crippen LogP contribution in [0.1, 0.15) is 64.0 Å². The van der Waals surface area contributed by atoms with E-state index in [9.17, 15) is 0 Å². The maximum absolute atomic E-state index is 6.17. The molecule has 0 aliphatic heterocycles. The molecule has 0 atom stereocenters. The number of hydrogen-bond donors (Lipinski definition) is 0. The Morgan fingerprint density at radius 1 is 1.04 bits per heavy atom. The van der Waals surface area contributed by atoms with Crippen molar-refractivity contribution >= 4 is 9.76 Å². The minimum absolute atomic E-state index is 0.0921. The number of hydrogen-bond acceptors (Lipinski definition) is 2. The molecular formula is C23H34O2Si. The fourth-order valence-corrected chi connectivity index (χ4v) is 6.38. The van der Waals surface area contributed by atoms with E-state index in [1.54, 1.807) is 5.57 Å². The molecule has 1 aromatic carbocycles. The molecule has 0 saturated heterocycles. The van der Waals surface area contributed by atoms with Gasteiger partial charge < -0.3 is 9.16 Å². The Hall–Kier alpha value is -1.22. The van der Waals surface area contributed by atoms with Crippen molar-refractivity contribution in [3.8, 4) is 5.75 Å². The van der Waals surface area contributed by atoms with Gasteiger partial charge in [-0.2, -0.15) is 0 Å². The van der Waals surface area contributed by atoms with Crippen LogP contribution in [0.25, 0.3) is 0 Å². The minimum atomic E-state index is -0.511. The van der Waals surface area contributed by atoms with Crippen molar-refractivity contribution in [3.05, 3.63) is 41.2 Å². The van der Waals surface area contributed by atoms with Crippen LogP contribution in [0.4, 0.5) is 0 Å². The predicted octanol–water partition coefficient (Wildman–Crippen LogP) is 5.35. The van der Waals surface area contributed by atoms with Gasteiger partial charge in [0.2, 0.25) is 9.76 Å². The number of rotatable bonds is 5. The molecule has 4 aliphatic carbocycles. The van der Waals surface area contributed by atoms with Crippen molar-refractivity contribution in [1.82, 2.24) is 0 Å². The number of para-hydroxylation sites is 1. The van der Waals surface area contributed by atoms with Crippen LogP contribution >= 0.6 is 0 Å². The molecule has 142 valence electrons. The van der Waals surface area contributed by atoms with E-state index in [0.717, 1.165) is 29.4 Å². The van der Waals surface area contributed by atoms with Gasteiger partial charge >= 0.3 is 0 Å². The Bertz CT molecular complexity index is 656. The first-order valence-electron chi connectivity index (χ1n) is 10.5. The lowest BCUT2D eigenvalue weighted by atomic mass is 9.54. The van der Waals surface area contributed by atoms with Gasteiger partial charge in [-0.15, -0.1) is 0 Å². The van der Waals surface area contributed by atoms with Crippen LogP contribution in [-0.2, 0) is 16.8 Å². The van der Waals surface area contributed by atoms with Crippen molar-refractivity contribution in [1.29, 1.82) is 0 Å². The molecule has 0 N–H and O–H groups in total. The lowest BCUT2D eigenvalue weighted by Gasteiger charge is -2.51. The third kappa shape index (κ3) is 3.47. The van der Waals surface area contributed by atoms with Gasteiger partial charge in [0.15, 0.2) is 0 Å². The third-order valence-electron chi connectivity index (χ3n) is 6.73. The summed E-state index contributed by atoms with van der Waals surface area (Å²) in [6, 6.07) is 6.53. The van der Waals surface area contributed by atoms with E-state index in [2.05, 4.69) is 51.8 Å². The average Bonchev–Trinajstić information content (AvgIpc) is 2.57. The van der Waals surface area contributed by atoms with Crippen molar-refractivity contribution in [3.63, 3.8) is 0 Å². The van der Waals surface area contributed by atoms with Crippen LogP contribution in [0, 0.1) is 23.7 Å². The molecule has 4 fully saturated rings. The number of benzene rings is 1. The zero-order valence-corrected chi connectivity index (χ0v) is 18.3. The SMILES string of the molecule is C[SiH2]Oc1c(COC=C2C3CC4CC(C3)CC2C4)cccc1C(C)(C)C. The van der Waals surface area contributed by atoms with Gasteiger partial charge in [0.05, 0.1) is 6.26 Å². The molecule has 1 aromatic rings. The van der Waals surface area contributed by atoms with Crippen LogP contribution < -0.4 is 4.43 Å². The topological polar surface area (TPSA) is 18.5 Å². The van der Waals surface area contributed by atoms with E-state index in [4.69, 9.17) is 9.16 Å². The molecule has 0 heterocycles. The van der Waals surface area contributed by atoms with Crippen molar-refractivity contribution in [2.45, 2.75) is 71.4 Å². The highest BCUT2D eigenvalue weighted by atomic mass is 28.2. The second-order valence-electron chi connectivity index (χ2n) is 9.71. The summed E-state index contributed by atoms with van der Waals surface area (Å²) in [5.41, 5.74) is 4.22. The molecule has 0 unspecified atom stereocenters. The lowest BCUT2D eigenvalue weighted by Crippen LogP contribution is -2.40. The van der Waals surface area contributed by atoms with Crippen LogP contribution in [0.15, 0.2) is 30.0 Å². The highest BCUT2D eigenvalue weighted by molar-refractivity contribution is 6.26. The summed E-state index contributed by atoms with van der Waals surface area (Å²) >= 11 is 0. The number of allylic oxidation sites excluding steroid dienone is 1. The van der Waals surface area contributed by atoms with Gasteiger partial charge in [-0.3, -0.25) is 0 Å². The van der Waals surface area contributed by atoms with Gasteiger partial charge in [-0.25, -0.2) is 0 Å². The highest BCUT2D eigenvalue weighted by Gasteiger charge is 2.45. The summed E-state index contributed by atoms with van der Waals surface area (Å²) in [6.07, 6.45) is 9.30. The average molecular weight is 371 g/mol. The fraction of sp³-hybridized carbons (Fsp3) is 0.652. The normalized spacial score (nSPS) is 30.2. The molecule has 0 amide bonds. The quantitative estimate of drug-likeness (QED) is 0.514. The van der Waals surface area contributed by atoms with E-state index in [1.807, 2.05) is 0 Å². The molecule has 5 rings (SSSR count). The van der Waals surface area contributed by atoms with Crippen molar-refractivity contribution < 1.29 is 9.16 Å². The van der Waals surface area contributed by atoms with Gasteiger partial charge in [0.25, 0.3) is 0 Å². The maximum atomic E-state index is 6.17. The summed E-state index contributed by atoms with van der Waals surface area (Å²) in [5.74, 6) is 4.72. The van der Waals surface area contributed by atoms with Gasteiger partial charge in [0, 0.05) is 5.56 Å². The molecule has 3 heteroatoms. The van der Waals surface area contributed by atoms with Crippen molar-refractivity contribution in [2.24, 2.45) is 23.7 Å². The van der Waals surface area contributed by atoms with E-state index in [0.29, 0.717) is 6.61 Å². The Labute approximate surface area is 161 Å². The molecule has 4 saturated carbocycles. The molecule has 0 spiro atoms. The minimum Gasteiger partial charge on any atom is -0.549 e. The van der Waals surface area contributed by atoms with E-state index in [-0.39, 0.29) is 5.41 Å². The van der Waals surface area contributed by atoms with Crippen LogP contribution in [0.3, 0.4) is 0 Å². The second kappa shape index (κ2) is 7.07. The van der Waals surface area contributed by atoms with Gasteiger partial charge in [0.1, 0.15) is 12.4 Å². The summed E-state index contributed by atoms with van der Waals surface area (Å²) in [6.45, 7) is 9.60. The predicted molar refractivity (Wildman–Crippen MR) is 110 cm³/mol. The van der Waals surface area contributed by atoms with E-state index < -0.39 is 9.76 Å². The van der Waals surface area contributed by atoms with Crippen LogP contribution in [0.2, 0.25) is 6.55 Å².